The average Bonchev–Trinajstić information content (AvgIpc) is 3.32. The number of amides is 4. The topological polar surface area (TPSA) is 111 Å². The van der Waals surface area contributed by atoms with E-state index in [1.807, 2.05) is 0 Å². The molecule has 0 aliphatic carbocycles. The number of aryl methyl sites for hydroxylation is 1. The molecular formula is C26H17BrN2O7. The van der Waals surface area contributed by atoms with Crippen molar-refractivity contribution in [3.05, 3.63) is 87.4 Å². The molecular weight excluding hydrogens is 532 g/mol. The molecule has 36 heavy (non-hydrogen) atoms. The van der Waals surface area contributed by atoms with Crippen molar-refractivity contribution in [1.82, 2.24) is 5.32 Å². The van der Waals surface area contributed by atoms with Gasteiger partial charge in [-0.05, 0) is 61.0 Å². The van der Waals surface area contributed by atoms with E-state index in [1.165, 1.54) is 24.3 Å². The van der Waals surface area contributed by atoms with Crippen LogP contribution in [0.1, 0.15) is 21.5 Å². The summed E-state index contributed by atoms with van der Waals surface area (Å²) in [6, 6.07) is 15.4. The number of hydrogen-bond donors (Lipinski definition) is 1. The van der Waals surface area contributed by atoms with Crippen LogP contribution in [0.25, 0.3) is 6.08 Å². The molecule has 2 aliphatic heterocycles. The number of barbiturate groups is 1. The number of urea groups is 1. The second kappa shape index (κ2) is 9.31. The zero-order chi connectivity index (χ0) is 25.4. The molecule has 3 aromatic rings. The lowest BCUT2D eigenvalue weighted by Crippen LogP contribution is -2.54. The predicted molar refractivity (Wildman–Crippen MR) is 132 cm³/mol. The molecule has 10 heteroatoms. The van der Waals surface area contributed by atoms with E-state index >= 15 is 0 Å². The summed E-state index contributed by atoms with van der Waals surface area (Å²) >= 11 is 3.35. The lowest BCUT2D eigenvalue weighted by Gasteiger charge is -2.27. The van der Waals surface area contributed by atoms with Gasteiger partial charge in [0.25, 0.3) is 11.8 Å². The summed E-state index contributed by atoms with van der Waals surface area (Å²) in [4.78, 5) is 52.2. The molecule has 0 radical (unpaired) electrons. The van der Waals surface area contributed by atoms with E-state index in [0.717, 1.165) is 4.90 Å². The molecule has 1 saturated heterocycles. The molecule has 2 heterocycles. The molecule has 180 valence electrons. The maximum Gasteiger partial charge on any atom is 0.343 e. The van der Waals surface area contributed by atoms with Gasteiger partial charge in [-0.1, -0.05) is 34.1 Å². The van der Waals surface area contributed by atoms with Crippen LogP contribution in [0.5, 0.6) is 17.2 Å². The molecule has 1 fully saturated rings. The van der Waals surface area contributed by atoms with Crippen LogP contribution in [-0.4, -0.2) is 30.6 Å². The highest BCUT2D eigenvalue weighted by Gasteiger charge is 2.37. The van der Waals surface area contributed by atoms with Gasteiger partial charge in [-0.15, -0.1) is 0 Å². The highest BCUT2D eigenvalue weighted by Crippen LogP contribution is 2.34. The number of carbonyl (C=O) groups is 4. The SMILES string of the molecule is Cc1ccccc1N1C(=O)NC(=O)/C(=C/c2cc(Br)ccc2OC(=O)c2ccc3c(c2)OCO3)C1=O. The van der Waals surface area contributed by atoms with Crippen molar-refractivity contribution in [3.63, 3.8) is 0 Å². The van der Waals surface area contributed by atoms with Crippen molar-refractivity contribution in [2.45, 2.75) is 6.92 Å². The minimum absolute atomic E-state index is 0.0659. The Morgan fingerprint density at radius 2 is 1.81 bits per heavy atom. The Hall–Kier alpha value is -4.44. The summed E-state index contributed by atoms with van der Waals surface area (Å²) in [7, 11) is 0. The van der Waals surface area contributed by atoms with Gasteiger partial charge in [-0.2, -0.15) is 0 Å². The number of benzene rings is 3. The fourth-order valence-electron chi connectivity index (χ4n) is 3.75. The first-order valence-corrected chi connectivity index (χ1v) is 11.5. The standard InChI is InChI=1S/C26H17BrN2O7/c1-14-4-2-3-5-19(14)29-24(31)18(23(30)28-26(29)33)11-16-10-17(27)7-9-20(16)36-25(32)15-6-8-21-22(12-15)35-13-34-21/h2-12H,13H2,1H3,(H,28,30,33)/b18-11-. The van der Waals surface area contributed by atoms with E-state index in [-0.39, 0.29) is 29.2 Å². The number of nitrogens with one attached hydrogen (secondary N) is 1. The molecule has 5 rings (SSSR count). The third-order valence-corrected chi connectivity index (χ3v) is 6.03. The van der Waals surface area contributed by atoms with Crippen molar-refractivity contribution >= 4 is 51.5 Å². The molecule has 4 amide bonds. The number of anilines is 1. The highest BCUT2D eigenvalue weighted by atomic mass is 79.9. The number of para-hydroxylation sites is 1. The van der Waals surface area contributed by atoms with E-state index in [1.54, 1.807) is 49.4 Å². The second-order valence-corrected chi connectivity index (χ2v) is 8.80. The number of hydrogen-bond acceptors (Lipinski definition) is 7. The lowest BCUT2D eigenvalue weighted by atomic mass is 10.0. The van der Waals surface area contributed by atoms with Gasteiger partial charge in [0, 0.05) is 10.0 Å². The van der Waals surface area contributed by atoms with E-state index in [2.05, 4.69) is 21.2 Å². The molecule has 2 aliphatic rings. The maximum absolute atomic E-state index is 13.3. The van der Waals surface area contributed by atoms with Crippen LogP contribution < -0.4 is 24.4 Å². The molecule has 0 aromatic heterocycles. The van der Waals surface area contributed by atoms with Crippen LogP contribution in [0.4, 0.5) is 10.5 Å². The number of imide groups is 2. The largest absolute Gasteiger partial charge is 0.454 e. The zero-order valence-electron chi connectivity index (χ0n) is 18.7. The van der Waals surface area contributed by atoms with Crippen LogP contribution in [-0.2, 0) is 9.59 Å². The lowest BCUT2D eigenvalue weighted by molar-refractivity contribution is -0.122. The van der Waals surface area contributed by atoms with Gasteiger partial charge in [0.15, 0.2) is 11.5 Å². The number of carbonyl (C=O) groups excluding carboxylic acids is 4. The molecule has 0 atom stereocenters. The summed E-state index contributed by atoms with van der Waals surface area (Å²) in [5.41, 5.74) is 1.23. The van der Waals surface area contributed by atoms with Crippen LogP contribution in [0.15, 0.2) is 70.7 Å². The highest BCUT2D eigenvalue weighted by molar-refractivity contribution is 9.10. The first-order chi connectivity index (χ1) is 17.3. The molecule has 9 nitrogen and oxygen atoms in total. The van der Waals surface area contributed by atoms with Gasteiger partial charge in [0.1, 0.15) is 11.3 Å². The van der Waals surface area contributed by atoms with Gasteiger partial charge < -0.3 is 14.2 Å². The van der Waals surface area contributed by atoms with Gasteiger partial charge in [-0.3, -0.25) is 14.9 Å². The number of esters is 1. The molecule has 0 spiro atoms. The average molecular weight is 549 g/mol. The Balaban J connectivity index is 1.49. The molecule has 0 unspecified atom stereocenters. The molecule has 0 bridgehead atoms. The number of fused-ring (bicyclic) bond motifs is 1. The summed E-state index contributed by atoms with van der Waals surface area (Å²) in [6.07, 6.45) is 1.28. The number of rotatable bonds is 4. The van der Waals surface area contributed by atoms with Crippen molar-refractivity contribution in [1.29, 1.82) is 0 Å². The minimum Gasteiger partial charge on any atom is -0.454 e. The van der Waals surface area contributed by atoms with Gasteiger partial charge in [-0.25, -0.2) is 14.5 Å². The summed E-state index contributed by atoms with van der Waals surface area (Å²) in [6.45, 7) is 1.81. The van der Waals surface area contributed by atoms with Gasteiger partial charge in [0.05, 0.1) is 11.3 Å². The third kappa shape index (κ3) is 4.34. The van der Waals surface area contributed by atoms with Crippen molar-refractivity contribution in [2.75, 3.05) is 11.7 Å². The first kappa shape index (κ1) is 23.3. The second-order valence-electron chi connectivity index (χ2n) is 7.88. The van der Waals surface area contributed by atoms with Crippen LogP contribution in [0, 0.1) is 6.92 Å². The van der Waals surface area contributed by atoms with Gasteiger partial charge in [0.2, 0.25) is 6.79 Å². The van der Waals surface area contributed by atoms with Crippen molar-refractivity contribution in [3.8, 4) is 17.2 Å². The fraction of sp³-hybridized carbons (Fsp3) is 0.0769. The predicted octanol–water partition coefficient (Wildman–Crippen LogP) is 4.37. The minimum atomic E-state index is -0.858. The van der Waals surface area contributed by atoms with Crippen LogP contribution in [0.2, 0.25) is 0 Å². The summed E-state index contributed by atoms with van der Waals surface area (Å²) in [5.74, 6) is -1.28. The normalized spacial score (nSPS) is 15.8. The Kier molecular flexibility index (Phi) is 6.03. The maximum atomic E-state index is 13.3. The Morgan fingerprint density at radius 1 is 1.03 bits per heavy atom. The monoisotopic (exact) mass is 548 g/mol. The number of ether oxygens (including phenoxy) is 3. The quantitative estimate of drug-likeness (QED) is 0.223. The van der Waals surface area contributed by atoms with E-state index in [9.17, 15) is 19.2 Å². The van der Waals surface area contributed by atoms with Crippen LogP contribution >= 0.6 is 15.9 Å². The summed E-state index contributed by atoms with van der Waals surface area (Å²) in [5, 5.41) is 2.19. The van der Waals surface area contributed by atoms with Crippen molar-refractivity contribution in [2.24, 2.45) is 0 Å². The number of nitrogens with zero attached hydrogens (tertiary/aromatic N) is 1. The van der Waals surface area contributed by atoms with Crippen molar-refractivity contribution < 1.29 is 33.4 Å². The first-order valence-electron chi connectivity index (χ1n) is 10.7. The van der Waals surface area contributed by atoms with Crippen LogP contribution in [0.3, 0.4) is 0 Å². The van der Waals surface area contributed by atoms with Gasteiger partial charge >= 0.3 is 12.0 Å². The fourth-order valence-corrected chi connectivity index (χ4v) is 4.13. The third-order valence-electron chi connectivity index (χ3n) is 5.54. The van der Waals surface area contributed by atoms with E-state index in [0.29, 0.717) is 27.2 Å². The molecule has 1 N–H and O–H groups in total. The van der Waals surface area contributed by atoms with E-state index < -0.39 is 23.8 Å². The Morgan fingerprint density at radius 3 is 2.61 bits per heavy atom. The molecule has 0 saturated carbocycles. The smallest absolute Gasteiger partial charge is 0.343 e. The Bertz CT molecular complexity index is 1480. The molecule has 3 aromatic carbocycles. The Labute approximate surface area is 213 Å². The number of halogens is 1. The van der Waals surface area contributed by atoms with E-state index in [4.69, 9.17) is 14.2 Å². The zero-order valence-corrected chi connectivity index (χ0v) is 20.3. The summed E-state index contributed by atoms with van der Waals surface area (Å²) < 4.78 is 16.8.